The second-order valence-electron chi connectivity index (χ2n) is 6.07. The number of aryl methyl sites for hydroxylation is 2. The highest BCUT2D eigenvalue weighted by Gasteiger charge is 2.24. The van der Waals surface area contributed by atoms with Crippen molar-refractivity contribution in [1.82, 2.24) is 5.32 Å². The van der Waals surface area contributed by atoms with Crippen molar-refractivity contribution < 1.29 is 14.0 Å². The maximum absolute atomic E-state index is 13.0. The predicted octanol–water partition coefficient (Wildman–Crippen LogP) is 3.95. The molecular formula is C21H20N2O3. The highest BCUT2D eigenvalue weighted by Crippen LogP contribution is 2.16. The van der Waals surface area contributed by atoms with Gasteiger partial charge in [0.1, 0.15) is 0 Å². The monoisotopic (exact) mass is 348 g/mol. The number of carbonyl (C=O) groups is 2. The Morgan fingerprint density at radius 1 is 0.923 bits per heavy atom. The van der Waals surface area contributed by atoms with E-state index in [2.05, 4.69) is 10.6 Å². The van der Waals surface area contributed by atoms with E-state index in [4.69, 9.17) is 4.42 Å². The van der Waals surface area contributed by atoms with Crippen LogP contribution in [0.2, 0.25) is 0 Å². The quantitative estimate of drug-likeness (QED) is 0.523. The van der Waals surface area contributed by atoms with Crippen LogP contribution in [0.1, 0.15) is 32.0 Å². The van der Waals surface area contributed by atoms with Gasteiger partial charge < -0.3 is 15.1 Å². The summed E-state index contributed by atoms with van der Waals surface area (Å²) in [5, 5.41) is 5.84. The average molecular weight is 348 g/mol. The van der Waals surface area contributed by atoms with Crippen LogP contribution >= 0.6 is 0 Å². The fraction of sp³-hybridized carbons (Fsp3) is 0.143. The Morgan fingerprint density at radius 3 is 2.31 bits per heavy atom. The molecule has 0 spiro atoms. The number of anilines is 1. The smallest absolute Gasteiger partial charge is 0.288 e. The van der Waals surface area contributed by atoms with Gasteiger partial charge in [-0.2, -0.15) is 0 Å². The van der Waals surface area contributed by atoms with Crippen molar-refractivity contribution in [2.24, 2.45) is 0 Å². The summed E-state index contributed by atoms with van der Waals surface area (Å²) in [4.78, 5) is 25.4. The van der Waals surface area contributed by atoms with Gasteiger partial charge in [0.2, 0.25) is 5.78 Å². The number of nitrogens with one attached hydrogen (secondary N) is 2. The second kappa shape index (κ2) is 7.70. The molecule has 0 unspecified atom stereocenters. The lowest BCUT2D eigenvalue weighted by Crippen LogP contribution is -2.46. The summed E-state index contributed by atoms with van der Waals surface area (Å²) in [6, 6.07) is 18.0. The first-order chi connectivity index (χ1) is 12.5. The third-order valence-electron chi connectivity index (χ3n) is 4.06. The Morgan fingerprint density at radius 2 is 1.65 bits per heavy atom. The normalized spacial score (nSPS) is 11.6. The molecule has 2 aromatic carbocycles. The summed E-state index contributed by atoms with van der Waals surface area (Å²) in [5.41, 5.74) is 3.32. The molecule has 0 aliphatic rings. The summed E-state index contributed by atoms with van der Waals surface area (Å²) < 4.78 is 5.12. The maximum atomic E-state index is 13.0. The topological polar surface area (TPSA) is 71.3 Å². The van der Waals surface area contributed by atoms with Gasteiger partial charge in [0.15, 0.2) is 11.9 Å². The number of Topliss-reactive ketones (excluding diaryl/α,β-unsaturated/α-hetero) is 1. The molecule has 0 bridgehead atoms. The van der Waals surface area contributed by atoms with Crippen LogP contribution in [-0.4, -0.2) is 17.9 Å². The molecule has 0 radical (unpaired) electrons. The number of carbonyl (C=O) groups excluding carboxylic acids is 2. The third kappa shape index (κ3) is 4.00. The summed E-state index contributed by atoms with van der Waals surface area (Å²) in [5.74, 6) is -0.534. The molecule has 0 saturated heterocycles. The zero-order valence-electron chi connectivity index (χ0n) is 14.7. The Labute approximate surface area is 152 Å². The van der Waals surface area contributed by atoms with Crippen LogP contribution in [0, 0.1) is 13.8 Å². The predicted molar refractivity (Wildman–Crippen MR) is 100 cm³/mol. The molecule has 1 atom stereocenters. The number of rotatable bonds is 6. The lowest BCUT2D eigenvalue weighted by Gasteiger charge is -2.21. The molecule has 0 saturated carbocycles. The number of benzene rings is 2. The van der Waals surface area contributed by atoms with E-state index in [0.717, 1.165) is 16.8 Å². The lowest BCUT2D eigenvalue weighted by molar-refractivity contribution is 0.0852. The summed E-state index contributed by atoms with van der Waals surface area (Å²) in [7, 11) is 0. The average Bonchev–Trinajstić information content (AvgIpc) is 3.18. The van der Waals surface area contributed by atoms with Crippen LogP contribution in [0.5, 0.6) is 0 Å². The van der Waals surface area contributed by atoms with Gasteiger partial charge in [0.25, 0.3) is 5.91 Å². The highest BCUT2D eigenvalue weighted by atomic mass is 16.3. The van der Waals surface area contributed by atoms with Gasteiger partial charge in [-0.3, -0.25) is 9.59 Å². The molecule has 26 heavy (non-hydrogen) atoms. The Bertz CT molecular complexity index is 899. The minimum Gasteiger partial charge on any atom is -0.459 e. The third-order valence-corrected chi connectivity index (χ3v) is 4.06. The molecule has 0 aliphatic heterocycles. The SMILES string of the molecule is Cc1ccc(C(=O)[C@@H](NC(=O)c2ccco2)Nc2ccccc2C)cc1. The van der Waals surface area contributed by atoms with E-state index in [0.29, 0.717) is 5.56 Å². The first-order valence-electron chi connectivity index (χ1n) is 8.32. The zero-order chi connectivity index (χ0) is 18.5. The molecule has 1 aromatic heterocycles. The number of hydrogen-bond donors (Lipinski definition) is 2. The molecule has 0 aliphatic carbocycles. The van der Waals surface area contributed by atoms with Gasteiger partial charge in [-0.05, 0) is 37.6 Å². The molecule has 3 aromatic rings. The second-order valence-corrected chi connectivity index (χ2v) is 6.07. The fourth-order valence-corrected chi connectivity index (χ4v) is 2.55. The molecule has 132 valence electrons. The van der Waals surface area contributed by atoms with Gasteiger partial charge in [-0.1, -0.05) is 48.0 Å². The first-order valence-corrected chi connectivity index (χ1v) is 8.32. The molecular weight excluding hydrogens is 328 g/mol. The molecule has 2 N–H and O–H groups in total. The van der Waals surface area contributed by atoms with Crippen molar-refractivity contribution in [3.8, 4) is 0 Å². The molecule has 0 fully saturated rings. The van der Waals surface area contributed by atoms with Crippen LogP contribution in [0.4, 0.5) is 5.69 Å². The summed E-state index contributed by atoms with van der Waals surface area (Å²) >= 11 is 0. The van der Waals surface area contributed by atoms with Crippen LogP contribution in [0.3, 0.4) is 0 Å². The van der Waals surface area contributed by atoms with E-state index >= 15 is 0 Å². The number of furan rings is 1. The Balaban J connectivity index is 1.87. The molecule has 5 nitrogen and oxygen atoms in total. The van der Waals surface area contributed by atoms with Crippen LogP contribution in [0.15, 0.2) is 71.3 Å². The number of hydrogen-bond acceptors (Lipinski definition) is 4. The fourth-order valence-electron chi connectivity index (χ4n) is 2.55. The van der Waals surface area contributed by atoms with E-state index in [1.807, 2.05) is 50.2 Å². The van der Waals surface area contributed by atoms with Crippen LogP contribution in [0.25, 0.3) is 0 Å². The minimum atomic E-state index is -0.920. The van der Waals surface area contributed by atoms with Crippen molar-refractivity contribution in [1.29, 1.82) is 0 Å². The molecule has 1 amide bonds. The van der Waals surface area contributed by atoms with Crippen molar-refractivity contribution >= 4 is 17.4 Å². The van der Waals surface area contributed by atoms with Crippen molar-refractivity contribution in [3.63, 3.8) is 0 Å². The van der Waals surface area contributed by atoms with Gasteiger partial charge >= 0.3 is 0 Å². The first kappa shape index (κ1) is 17.5. The Hall–Kier alpha value is -3.34. The molecule has 5 heteroatoms. The summed E-state index contributed by atoms with van der Waals surface area (Å²) in [6.45, 7) is 3.89. The van der Waals surface area contributed by atoms with E-state index in [9.17, 15) is 9.59 Å². The van der Waals surface area contributed by atoms with E-state index in [1.165, 1.54) is 6.26 Å². The highest BCUT2D eigenvalue weighted by molar-refractivity contribution is 6.04. The van der Waals surface area contributed by atoms with Crippen molar-refractivity contribution in [3.05, 3.63) is 89.4 Å². The van der Waals surface area contributed by atoms with Crippen LogP contribution in [-0.2, 0) is 0 Å². The maximum Gasteiger partial charge on any atom is 0.288 e. The van der Waals surface area contributed by atoms with Crippen molar-refractivity contribution in [2.45, 2.75) is 20.0 Å². The number of amides is 1. The lowest BCUT2D eigenvalue weighted by atomic mass is 10.1. The van der Waals surface area contributed by atoms with Gasteiger partial charge in [0.05, 0.1) is 6.26 Å². The zero-order valence-corrected chi connectivity index (χ0v) is 14.7. The van der Waals surface area contributed by atoms with Gasteiger partial charge in [0, 0.05) is 11.3 Å². The van der Waals surface area contributed by atoms with Crippen molar-refractivity contribution in [2.75, 3.05) is 5.32 Å². The molecule has 1 heterocycles. The minimum absolute atomic E-state index is 0.151. The van der Waals surface area contributed by atoms with E-state index in [1.54, 1.807) is 24.3 Å². The van der Waals surface area contributed by atoms with Gasteiger partial charge in [-0.25, -0.2) is 0 Å². The van der Waals surface area contributed by atoms with E-state index < -0.39 is 12.1 Å². The summed E-state index contributed by atoms with van der Waals surface area (Å²) in [6.07, 6.45) is 0.497. The molecule has 3 rings (SSSR count). The Kier molecular flexibility index (Phi) is 5.17. The number of ketones is 1. The number of para-hydroxylation sites is 1. The standard InChI is InChI=1S/C21H20N2O3/c1-14-9-11-16(12-10-14)19(24)20(22-17-7-4-3-6-15(17)2)23-21(25)18-8-5-13-26-18/h3-13,20,22H,1-2H3,(H,23,25)/t20-/m1/s1. The largest absolute Gasteiger partial charge is 0.459 e. The van der Waals surface area contributed by atoms with E-state index in [-0.39, 0.29) is 11.5 Å². The van der Waals surface area contributed by atoms with Gasteiger partial charge in [-0.15, -0.1) is 0 Å². The van der Waals surface area contributed by atoms with Crippen LogP contribution < -0.4 is 10.6 Å².